The van der Waals surface area contributed by atoms with E-state index in [4.69, 9.17) is 5.73 Å². The summed E-state index contributed by atoms with van der Waals surface area (Å²) in [4.78, 5) is 2.34. The second kappa shape index (κ2) is 4.22. The molecule has 0 unspecified atom stereocenters. The molecule has 0 bridgehead atoms. The van der Waals surface area contributed by atoms with Crippen LogP contribution in [0.3, 0.4) is 0 Å². The summed E-state index contributed by atoms with van der Waals surface area (Å²) in [5, 5.41) is 4.61. The third-order valence-electron chi connectivity index (χ3n) is 3.77. The Balaban J connectivity index is 1.99. The summed E-state index contributed by atoms with van der Waals surface area (Å²) in [6.07, 6.45) is 3.89. The highest BCUT2D eigenvalue weighted by atomic mass is 32.1. The van der Waals surface area contributed by atoms with Crippen LogP contribution in [0.15, 0.2) is 0 Å². The maximum atomic E-state index is 5.74. The molecular formula is C11H20N4S. The van der Waals surface area contributed by atoms with Gasteiger partial charge in [-0.25, -0.2) is 0 Å². The van der Waals surface area contributed by atoms with Gasteiger partial charge in [-0.1, -0.05) is 0 Å². The number of nitrogens with one attached hydrogen (secondary N) is 1. The van der Waals surface area contributed by atoms with Crippen molar-refractivity contribution in [2.75, 3.05) is 31.7 Å². The van der Waals surface area contributed by atoms with Gasteiger partial charge in [-0.15, -0.1) is 0 Å². The van der Waals surface area contributed by atoms with Gasteiger partial charge in [0.15, 0.2) is 0 Å². The van der Waals surface area contributed by atoms with Crippen LogP contribution < -0.4 is 11.1 Å². The van der Waals surface area contributed by atoms with Crippen molar-refractivity contribution in [2.45, 2.75) is 31.7 Å². The second-order valence-electron chi connectivity index (χ2n) is 4.85. The number of nitrogens with two attached hydrogens (primary N) is 1. The van der Waals surface area contributed by atoms with Crippen molar-refractivity contribution in [1.29, 1.82) is 0 Å². The third-order valence-corrected chi connectivity index (χ3v) is 4.69. The van der Waals surface area contributed by atoms with Crippen molar-refractivity contribution in [3.63, 3.8) is 0 Å². The molecule has 0 amide bonds. The Kier molecular flexibility index (Phi) is 3.08. The second-order valence-corrected chi connectivity index (χ2v) is 5.62. The molecule has 0 saturated heterocycles. The molecule has 2 rings (SSSR count). The van der Waals surface area contributed by atoms with Crippen molar-refractivity contribution in [3.8, 4) is 0 Å². The molecule has 1 saturated carbocycles. The number of nitrogen functional groups attached to an aromatic ring is 1. The van der Waals surface area contributed by atoms with Gasteiger partial charge in [0.25, 0.3) is 0 Å². The van der Waals surface area contributed by atoms with Crippen LogP contribution in [0.1, 0.15) is 24.8 Å². The van der Waals surface area contributed by atoms with Crippen LogP contribution >= 0.6 is 11.5 Å². The van der Waals surface area contributed by atoms with Gasteiger partial charge in [-0.05, 0) is 51.8 Å². The highest BCUT2D eigenvalue weighted by molar-refractivity contribution is 7.10. The zero-order chi connectivity index (χ0) is 11.8. The van der Waals surface area contributed by atoms with E-state index in [1.807, 2.05) is 6.92 Å². The van der Waals surface area contributed by atoms with Crippen LogP contribution in [0.25, 0.3) is 0 Å². The molecule has 90 valence electrons. The van der Waals surface area contributed by atoms with Crippen molar-refractivity contribution in [1.82, 2.24) is 9.27 Å². The minimum atomic E-state index is 0.338. The van der Waals surface area contributed by atoms with E-state index in [0.29, 0.717) is 11.4 Å². The van der Waals surface area contributed by atoms with Gasteiger partial charge < -0.3 is 16.0 Å². The molecule has 16 heavy (non-hydrogen) atoms. The first kappa shape index (κ1) is 11.7. The number of likely N-dealkylation sites (N-methyl/N-ethyl adjacent to an activating group) is 1. The van der Waals surface area contributed by atoms with E-state index in [-0.39, 0.29) is 0 Å². The summed E-state index contributed by atoms with van der Waals surface area (Å²) in [6, 6.07) is 0. The largest absolute Gasteiger partial charge is 0.383 e. The number of hydrogen-bond acceptors (Lipinski definition) is 5. The standard InChI is InChI=1S/C11H20N4S/c1-8-9(12)14-16-10(8)13-7-11(15(2)3)5-4-6-11/h13H,4-7H2,1-3H3,(H2,12,14). The van der Waals surface area contributed by atoms with Gasteiger partial charge in [0.2, 0.25) is 0 Å². The predicted octanol–water partition coefficient (Wildman–Crippen LogP) is 1.93. The Morgan fingerprint density at radius 1 is 1.50 bits per heavy atom. The molecule has 0 aliphatic heterocycles. The molecule has 0 radical (unpaired) electrons. The number of anilines is 2. The number of aromatic nitrogens is 1. The molecular weight excluding hydrogens is 220 g/mol. The van der Waals surface area contributed by atoms with Gasteiger partial charge in [0, 0.05) is 17.6 Å². The van der Waals surface area contributed by atoms with Gasteiger partial charge in [0.05, 0.1) is 0 Å². The number of hydrogen-bond donors (Lipinski definition) is 2. The Labute approximate surface area is 101 Å². The van der Waals surface area contributed by atoms with Gasteiger partial charge in [-0.3, -0.25) is 0 Å². The summed E-state index contributed by atoms with van der Waals surface area (Å²) < 4.78 is 4.15. The first-order chi connectivity index (χ1) is 7.55. The summed E-state index contributed by atoms with van der Waals surface area (Å²) in [7, 11) is 4.32. The SMILES string of the molecule is Cc1c(N)nsc1NCC1(N(C)C)CCC1. The van der Waals surface area contributed by atoms with E-state index in [1.54, 1.807) is 0 Å². The van der Waals surface area contributed by atoms with Crippen LogP contribution in [0, 0.1) is 6.92 Å². The maximum absolute atomic E-state index is 5.74. The lowest BCUT2D eigenvalue weighted by atomic mass is 9.75. The smallest absolute Gasteiger partial charge is 0.142 e. The molecule has 1 aliphatic rings. The monoisotopic (exact) mass is 240 g/mol. The predicted molar refractivity (Wildman–Crippen MR) is 70.0 cm³/mol. The molecule has 4 nitrogen and oxygen atoms in total. The molecule has 5 heteroatoms. The summed E-state index contributed by atoms with van der Waals surface area (Å²) in [5.41, 5.74) is 7.16. The molecule has 0 atom stereocenters. The first-order valence-corrected chi connectivity index (χ1v) is 6.45. The molecule has 1 aromatic rings. The van der Waals surface area contributed by atoms with E-state index in [9.17, 15) is 0 Å². The van der Waals surface area contributed by atoms with Crippen molar-refractivity contribution < 1.29 is 0 Å². The fourth-order valence-corrected chi connectivity index (χ4v) is 2.83. The van der Waals surface area contributed by atoms with Crippen LogP contribution in [0.5, 0.6) is 0 Å². The van der Waals surface area contributed by atoms with E-state index < -0.39 is 0 Å². The molecule has 1 heterocycles. The highest BCUT2D eigenvalue weighted by Gasteiger charge is 2.38. The number of rotatable bonds is 4. The average Bonchev–Trinajstić information content (AvgIpc) is 2.47. The summed E-state index contributed by atoms with van der Waals surface area (Å²) in [6.45, 7) is 3.01. The topological polar surface area (TPSA) is 54.2 Å². The van der Waals surface area contributed by atoms with Crippen LogP contribution in [-0.4, -0.2) is 35.5 Å². The zero-order valence-electron chi connectivity index (χ0n) is 10.2. The average molecular weight is 240 g/mol. The lowest BCUT2D eigenvalue weighted by molar-refractivity contribution is 0.0740. The molecule has 0 spiro atoms. The van der Waals surface area contributed by atoms with E-state index in [2.05, 4.69) is 28.7 Å². The van der Waals surface area contributed by atoms with Crippen molar-refractivity contribution in [3.05, 3.63) is 5.56 Å². The lowest BCUT2D eigenvalue weighted by Crippen LogP contribution is -2.54. The zero-order valence-corrected chi connectivity index (χ0v) is 11.0. The van der Waals surface area contributed by atoms with Crippen molar-refractivity contribution >= 4 is 22.4 Å². The van der Waals surface area contributed by atoms with Gasteiger partial charge in [-0.2, -0.15) is 4.37 Å². The Hall–Kier alpha value is -0.810. The Bertz CT molecular complexity index is 368. The minimum absolute atomic E-state index is 0.338. The van der Waals surface area contributed by atoms with Gasteiger partial charge in [0.1, 0.15) is 10.8 Å². The van der Waals surface area contributed by atoms with E-state index in [0.717, 1.165) is 17.1 Å². The fraction of sp³-hybridized carbons (Fsp3) is 0.727. The fourth-order valence-electron chi connectivity index (χ4n) is 2.12. The summed E-state index contributed by atoms with van der Waals surface area (Å²) >= 11 is 1.46. The quantitative estimate of drug-likeness (QED) is 0.844. The lowest BCUT2D eigenvalue weighted by Gasteiger charge is -2.47. The molecule has 1 fully saturated rings. The first-order valence-electron chi connectivity index (χ1n) is 5.68. The normalized spacial score (nSPS) is 18.5. The Morgan fingerprint density at radius 2 is 2.19 bits per heavy atom. The van der Waals surface area contributed by atoms with Crippen LogP contribution in [-0.2, 0) is 0 Å². The molecule has 1 aliphatic carbocycles. The highest BCUT2D eigenvalue weighted by Crippen LogP contribution is 2.37. The molecule has 0 aromatic carbocycles. The molecule has 1 aromatic heterocycles. The van der Waals surface area contributed by atoms with E-state index in [1.165, 1.54) is 30.8 Å². The van der Waals surface area contributed by atoms with E-state index >= 15 is 0 Å². The van der Waals surface area contributed by atoms with Crippen LogP contribution in [0.2, 0.25) is 0 Å². The number of nitrogens with zero attached hydrogens (tertiary/aromatic N) is 2. The Morgan fingerprint density at radius 3 is 2.56 bits per heavy atom. The third kappa shape index (κ3) is 1.89. The summed E-state index contributed by atoms with van der Waals surface area (Å²) in [5.74, 6) is 0.653. The minimum Gasteiger partial charge on any atom is -0.383 e. The molecule has 3 N–H and O–H groups in total. The van der Waals surface area contributed by atoms with Crippen LogP contribution in [0.4, 0.5) is 10.8 Å². The van der Waals surface area contributed by atoms with Gasteiger partial charge >= 0.3 is 0 Å². The van der Waals surface area contributed by atoms with Crippen molar-refractivity contribution in [2.24, 2.45) is 0 Å². The maximum Gasteiger partial charge on any atom is 0.142 e.